The maximum Gasteiger partial charge on any atom is 0.0991 e. The number of nitrogens with zero attached hydrogens (tertiary/aromatic N) is 2. The summed E-state index contributed by atoms with van der Waals surface area (Å²) in [6.45, 7) is 1.75. The molecule has 0 atom stereocenters. The summed E-state index contributed by atoms with van der Waals surface area (Å²) in [5, 5.41) is 12.0. The number of aliphatic imine (C=N–C) groups is 1. The summed E-state index contributed by atoms with van der Waals surface area (Å²) in [6, 6.07) is 9.77. The van der Waals surface area contributed by atoms with E-state index in [1.807, 2.05) is 24.3 Å². The first-order valence-electron chi connectivity index (χ1n) is 5.65. The van der Waals surface area contributed by atoms with Gasteiger partial charge in [-0.2, -0.15) is 5.26 Å². The molecule has 82 valence electrons. The molecule has 3 heteroatoms. The molecule has 0 aliphatic carbocycles. The molecule has 1 aromatic carbocycles. The average molecular weight is 213 g/mol. The highest BCUT2D eigenvalue weighted by atomic mass is 15.0. The van der Waals surface area contributed by atoms with Crippen LogP contribution in [0.1, 0.15) is 30.4 Å². The van der Waals surface area contributed by atoms with Crippen LogP contribution in [0.5, 0.6) is 0 Å². The monoisotopic (exact) mass is 213 g/mol. The third-order valence-electron chi connectivity index (χ3n) is 2.70. The van der Waals surface area contributed by atoms with E-state index in [1.54, 1.807) is 0 Å². The number of nitriles is 1. The Hall–Kier alpha value is -1.82. The molecule has 16 heavy (non-hydrogen) atoms. The molecule has 0 radical (unpaired) electrons. The van der Waals surface area contributed by atoms with E-state index in [0.29, 0.717) is 5.56 Å². The summed E-state index contributed by atoms with van der Waals surface area (Å²) < 4.78 is 0. The number of rotatable bonds is 2. The molecule has 1 aromatic rings. The van der Waals surface area contributed by atoms with Crippen molar-refractivity contribution in [1.29, 1.82) is 5.26 Å². The summed E-state index contributed by atoms with van der Waals surface area (Å²) >= 11 is 0. The summed E-state index contributed by atoms with van der Waals surface area (Å²) in [5.41, 5.74) is 1.89. The molecule has 1 aliphatic heterocycles. The van der Waals surface area contributed by atoms with Gasteiger partial charge in [0.1, 0.15) is 0 Å². The van der Waals surface area contributed by atoms with Gasteiger partial charge in [0.25, 0.3) is 0 Å². The molecule has 1 N–H and O–H groups in total. The molecule has 0 spiro atoms. The highest BCUT2D eigenvalue weighted by Gasteiger charge is 2.04. The van der Waals surface area contributed by atoms with Crippen LogP contribution in [0.2, 0.25) is 0 Å². The molecule has 0 bridgehead atoms. The van der Waals surface area contributed by atoms with Crippen LogP contribution in [0, 0.1) is 11.3 Å². The van der Waals surface area contributed by atoms with Crippen molar-refractivity contribution in [2.45, 2.75) is 25.8 Å². The molecule has 0 amide bonds. The van der Waals surface area contributed by atoms with Gasteiger partial charge in [0, 0.05) is 19.5 Å². The molecule has 2 rings (SSSR count). The van der Waals surface area contributed by atoms with Gasteiger partial charge in [0.2, 0.25) is 0 Å². The maximum absolute atomic E-state index is 8.68. The van der Waals surface area contributed by atoms with Gasteiger partial charge in [0.05, 0.1) is 17.5 Å². The summed E-state index contributed by atoms with van der Waals surface area (Å²) in [6.07, 6.45) is 3.51. The molecule has 1 aliphatic rings. The van der Waals surface area contributed by atoms with Crippen molar-refractivity contribution in [3.63, 3.8) is 0 Å². The number of amidine groups is 1. The van der Waals surface area contributed by atoms with Crippen LogP contribution >= 0.6 is 0 Å². The van der Waals surface area contributed by atoms with E-state index in [-0.39, 0.29) is 0 Å². The Balaban J connectivity index is 1.89. The molecule has 1 heterocycles. The lowest BCUT2D eigenvalue weighted by Crippen LogP contribution is -2.25. The second kappa shape index (κ2) is 5.32. The molecular weight excluding hydrogens is 198 g/mol. The summed E-state index contributed by atoms with van der Waals surface area (Å²) in [5.74, 6) is 1.12. The van der Waals surface area contributed by atoms with Gasteiger partial charge in [-0.25, -0.2) is 0 Å². The fourth-order valence-corrected chi connectivity index (χ4v) is 1.74. The maximum atomic E-state index is 8.68. The minimum Gasteiger partial charge on any atom is -0.370 e. The second-order valence-corrected chi connectivity index (χ2v) is 3.95. The van der Waals surface area contributed by atoms with Crippen molar-refractivity contribution >= 4 is 5.84 Å². The van der Waals surface area contributed by atoms with Crippen LogP contribution in [-0.2, 0) is 6.54 Å². The third kappa shape index (κ3) is 2.83. The van der Waals surface area contributed by atoms with Gasteiger partial charge in [0.15, 0.2) is 0 Å². The Kier molecular flexibility index (Phi) is 3.55. The zero-order valence-electron chi connectivity index (χ0n) is 9.24. The Morgan fingerprint density at radius 1 is 1.25 bits per heavy atom. The topological polar surface area (TPSA) is 48.2 Å². The molecule has 0 saturated carbocycles. The Morgan fingerprint density at radius 3 is 2.69 bits per heavy atom. The Morgan fingerprint density at radius 2 is 2.06 bits per heavy atom. The predicted molar refractivity (Wildman–Crippen MR) is 64.1 cm³/mol. The molecule has 3 nitrogen and oxygen atoms in total. The minimum absolute atomic E-state index is 0.707. The molecular formula is C13H15N3. The standard InChI is InChI=1S/C13H15N3/c14-9-11-4-6-12(7-5-11)10-16-13-3-1-2-8-15-13/h4-7H,1-3,8,10H2,(H,15,16). The van der Waals surface area contributed by atoms with Gasteiger partial charge in [-0.1, -0.05) is 12.1 Å². The van der Waals surface area contributed by atoms with Crippen molar-refractivity contribution in [3.8, 4) is 6.07 Å². The van der Waals surface area contributed by atoms with E-state index in [1.165, 1.54) is 18.4 Å². The Labute approximate surface area is 95.8 Å². The van der Waals surface area contributed by atoms with Gasteiger partial charge < -0.3 is 5.32 Å². The smallest absolute Gasteiger partial charge is 0.0991 e. The van der Waals surface area contributed by atoms with Crippen LogP contribution in [0.3, 0.4) is 0 Å². The second-order valence-electron chi connectivity index (χ2n) is 3.95. The molecule has 0 saturated heterocycles. The number of nitrogens with one attached hydrogen (secondary N) is 1. The summed E-state index contributed by atoms with van der Waals surface area (Å²) in [4.78, 5) is 4.43. The van der Waals surface area contributed by atoms with Crippen LogP contribution in [0.4, 0.5) is 0 Å². The first-order valence-corrected chi connectivity index (χ1v) is 5.65. The van der Waals surface area contributed by atoms with E-state index in [9.17, 15) is 0 Å². The van der Waals surface area contributed by atoms with E-state index < -0.39 is 0 Å². The van der Waals surface area contributed by atoms with E-state index in [0.717, 1.165) is 25.3 Å². The van der Waals surface area contributed by atoms with Crippen LogP contribution in [0.15, 0.2) is 29.3 Å². The van der Waals surface area contributed by atoms with Crippen molar-refractivity contribution in [3.05, 3.63) is 35.4 Å². The molecule has 0 aromatic heterocycles. The van der Waals surface area contributed by atoms with Crippen molar-refractivity contribution in [2.75, 3.05) is 6.54 Å². The van der Waals surface area contributed by atoms with E-state index >= 15 is 0 Å². The number of hydrogen-bond donors (Lipinski definition) is 1. The van der Waals surface area contributed by atoms with Crippen molar-refractivity contribution in [1.82, 2.24) is 5.32 Å². The lowest BCUT2D eigenvalue weighted by Gasteiger charge is -2.13. The first-order chi connectivity index (χ1) is 7.88. The zero-order chi connectivity index (χ0) is 11.2. The van der Waals surface area contributed by atoms with Crippen molar-refractivity contribution in [2.24, 2.45) is 4.99 Å². The fourth-order valence-electron chi connectivity index (χ4n) is 1.74. The van der Waals surface area contributed by atoms with Gasteiger partial charge >= 0.3 is 0 Å². The number of hydrogen-bond acceptors (Lipinski definition) is 3. The van der Waals surface area contributed by atoms with Crippen molar-refractivity contribution < 1.29 is 0 Å². The van der Waals surface area contributed by atoms with Crippen LogP contribution in [-0.4, -0.2) is 12.4 Å². The average Bonchev–Trinajstić information content (AvgIpc) is 2.38. The lowest BCUT2D eigenvalue weighted by atomic mass is 10.1. The Bertz CT molecular complexity index is 412. The van der Waals surface area contributed by atoms with Gasteiger partial charge in [-0.15, -0.1) is 0 Å². The largest absolute Gasteiger partial charge is 0.370 e. The lowest BCUT2D eigenvalue weighted by molar-refractivity contribution is 0.706. The van der Waals surface area contributed by atoms with Gasteiger partial charge in [-0.3, -0.25) is 4.99 Å². The SMILES string of the molecule is N#Cc1ccc(CNC2=NCCCC2)cc1. The first kappa shape index (κ1) is 10.7. The third-order valence-corrected chi connectivity index (χ3v) is 2.70. The quantitative estimate of drug-likeness (QED) is 0.819. The van der Waals surface area contributed by atoms with Crippen LogP contribution < -0.4 is 5.32 Å². The normalized spacial score (nSPS) is 15.1. The number of benzene rings is 1. The van der Waals surface area contributed by atoms with E-state index in [2.05, 4.69) is 16.4 Å². The zero-order valence-corrected chi connectivity index (χ0v) is 9.24. The van der Waals surface area contributed by atoms with Crippen LogP contribution in [0.25, 0.3) is 0 Å². The van der Waals surface area contributed by atoms with Gasteiger partial charge in [-0.05, 0) is 30.5 Å². The highest BCUT2D eigenvalue weighted by molar-refractivity contribution is 5.82. The minimum atomic E-state index is 0.707. The molecule has 0 unspecified atom stereocenters. The summed E-state index contributed by atoms with van der Waals surface area (Å²) in [7, 11) is 0. The fraction of sp³-hybridized carbons (Fsp3) is 0.385. The highest BCUT2D eigenvalue weighted by Crippen LogP contribution is 2.06. The van der Waals surface area contributed by atoms with E-state index in [4.69, 9.17) is 5.26 Å². The molecule has 0 fully saturated rings. The predicted octanol–water partition coefficient (Wildman–Crippen LogP) is 2.23.